The standard InChI is InChI=1S/C13H17ClF2NO2S/c1-12(2)8-13(16,4-5-20(12,18)19)10-6-9(14)7-17(3)11(10)15/h6-7H,4-5,8H2,1-3H3/q+1. The number of sulfone groups is 1. The summed E-state index contributed by atoms with van der Waals surface area (Å²) in [5, 5.41) is 0.215. The molecule has 1 atom stereocenters. The van der Waals surface area contributed by atoms with Gasteiger partial charge in [-0.1, -0.05) is 11.6 Å². The van der Waals surface area contributed by atoms with Crippen molar-refractivity contribution in [1.82, 2.24) is 0 Å². The van der Waals surface area contributed by atoms with E-state index in [1.165, 1.54) is 33.2 Å². The molecule has 1 aliphatic rings. The zero-order valence-corrected chi connectivity index (χ0v) is 13.2. The van der Waals surface area contributed by atoms with Gasteiger partial charge in [-0.2, -0.15) is 4.57 Å². The molecule has 1 saturated heterocycles. The summed E-state index contributed by atoms with van der Waals surface area (Å²) in [6.45, 7) is 2.94. The maximum atomic E-state index is 15.2. The lowest BCUT2D eigenvalue weighted by Crippen LogP contribution is -2.48. The van der Waals surface area contributed by atoms with Crippen molar-refractivity contribution in [3.8, 4) is 0 Å². The maximum absolute atomic E-state index is 15.2. The van der Waals surface area contributed by atoms with Crippen LogP contribution in [0.5, 0.6) is 0 Å². The fraction of sp³-hybridized carbons (Fsp3) is 0.615. The number of aryl methyl sites for hydroxylation is 1. The fourth-order valence-electron chi connectivity index (χ4n) is 2.66. The summed E-state index contributed by atoms with van der Waals surface area (Å²) < 4.78 is 53.1. The first-order valence-corrected chi connectivity index (χ1v) is 8.28. The third-order valence-corrected chi connectivity index (χ3v) is 6.71. The number of alkyl halides is 1. The molecule has 1 aromatic rings. The first kappa shape index (κ1) is 15.6. The lowest BCUT2D eigenvalue weighted by molar-refractivity contribution is -0.701. The molecule has 1 fully saturated rings. The van der Waals surface area contributed by atoms with Crippen LogP contribution in [-0.2, 0) is 22.6 Å². The highest BCUT2D eigenvalue weighted by Gasteiger charge is 2.52. The lowest BCUT2D eigenvalue weighted by Gasteiger charge is -2.38. The van der Waals surface area contributed by atoms with Crippen molar-refractivity contribution in [2.24, 2.45) is 7.05 Å². The van der Waals surface area contributed by atoms with E-state index >= 15 is 4.39 Å². The second-order valence-corrected chi connectivity index (χ2v) is 9.12. The van der Waals surface area contributed by atoms with Gasteiger partial charge in [-0.15, -0.1) is 4.39 Å². The highest BCUT2D eigenvalue weighted by molar-refractivity contribution is 7.92. The molecule has 0 saturated carbocycles. The number of hydrogen-bond donors (Lipinski definition) is 0. The Morgan fingerprint density at radius 3 is 2.55 bits per heavy atom. The first-order valence-electron chi connectivity index (χ1n) is 6.25. The minimum Gasteiger partial charge on any atom is -0.238 e. The minimum absolute atomic E-state index is 0.171. The average Bonchev–Trinajstić information content (AvgIpc) is 2.29. The highest BCUT2D eigenvalue weighted by atomic mass is 35.5. The average molecular weight is 325 g/mol. The highest BCUT2D eigenvalue weighted by Crippen LogP contribution is 2.46. The molecule has 0 bridgehead atoms. The van der Waals surface area contributed by atoms with E-state index in [1.807, 2.05) is 0 Å². The van der Waals surface area contributed by atoms with E-state index in [9.17, 15) is 12.8 Å². The Labute approximate surface area is 122 Å². The van der Waals surface area contributed by atoms with Gasteiger partial charge in [0, 0.05) is 6.42 Å². The van der Waals surface area contributed by atoms with Crippen LogP contribution in [0.25, 0.3) is 0 Å². The first-order chi connectivity index (χ1) is 8.98. The van der Waals surface area contributed by atoms with Crippen molar-refractivity contribution >= 4 is 21.4 Å². The van der Waals surface area contributed by atoms with E-state index in [1.54, 1.807) is 0 Å². The summed E-state index contributed by atoms with van der Waals surface area (Å²) in [7, 11) is -1.95. The number of rotatable bonds is 1. The molecule has 20 heavy (non-hydrogen) atoms. The zero-order valence-electron chi connectivity index (χ0n) is 11.6. The van der Waals surface area contributed by atoms with Gasteiger partial charge in [-0.25, -0.2) is 12.8 Å². The van der Waals surface area contributed by atoms with Gasteiger partial charge >= 0.3 is 5.95 Å². The second-order valence-electron chi connectivity index (χ2n) is 5.94. The van der Waals surface area contributed by atoms with Gasteiger partial charge in [0.25, 0.3) is 0 Å². The Morgan fingerprint density at radius 2 is 2.00 bits per heavy atom. The van der Waals surface area contributed by atoms with Crippen LogP contribution in [0.4, 0.5) is 8.78 Å². The lowest BCUT2D eigenvalue weighted by atomic mass is 9.84. The summed E-state index contributed by atoms with van der Waals surface area (Å²) in [5.74, 6) is -1.03. The number of halogens is 3. The fourth-order valence-corrected chi connectivity index (χ4v) is 4.51. The second kappa shape index (κ2) is 4.63. The van der Waals surface area contributed by atoms with Crippen molar-refractivity contribution in [1.29, 1.82) is 0 Å². The summed E-state index contributed by atoms with van der Waals surface area (Å²) in [5.41, 5.74) is -2.20. The molecular formula is C13H17ClF2NO2S+. The molecule has 0 N–H and O–H groups in total. The smallest absolute Gasteiger partial charge is 0.238 e. The normalized spacial score (nSPS) is 28.3. The maximum Gasteiger partial charge on any atom is 0.365 e. The van der Waals surface area contributed by atoms with E-state index < -0.39 is 26.2 Å². The number of aromatic nitrogens is 1. The van der Waals surface area contributed by atoms with E-state index in [0.29, 0.717) is 0 Å². The summed E-state index contributed by atoms with van der Waals surface area (Å²) in [4.78, 5) is 0. The van der Waals surface area contributed by atoms with Gasteiger partial charge in [-0.05, 0) is 26.3 Å². The summed E-state index contributed by atoms with van der Waals surface area (Å²) in [6.07, 6.45) is 0.810. The van der Waals surface area contributed by atoms with E-state index in [-0.39, 0.29) is 29.2 Å². The van der Waals surface area contributed by atoms with Crippen LogP contribution in [-0.4, -0.2) is 18.9 Å². The molecule has 0 aromatic carbocycles. The van der Waals surface area contributed by atoms with Gasteiger partial charge in [0.05, 0.1) is 16.1 Å². The topological polar surface area (TPSA) is 38.0 Å². The number of pyridine rings is 1. The molecule has 0 spiro atoms. The Balaban J connectivity index is 2.54. The third-order valence-electron chi connectivity index (χ3n) is 3.93. The Hall–Kier alpha value is -0.750. The van der Waals surface area contributed by atoms with Crippen LogP contribution >= 0.6 is 11.6 Å². The molecule has 2 rings (SSSR count). The molecular weight excluding hydrogens is 308 g/mol. The minimum atomic E-state index is -3.38. The van der Waals surface area contributed by atoms with Crippen molar-refractivity contribution in [3.05, 3.63) is 28.8 Å². The molecule has 1 aliphatic heterocycles. The van der Waals surface area contributed by atoms with Crippen LogP contribution in [0.2, 0.25) is 5.02 Å². The van der Waals surface area contributed by atoms with Crippen LogP contribution in [0.3, 0.4) is 0 Å². The van der Waals surface area contributed by atoms with Crippen molar-refractivity contribution < 1.29 is 21.8 Å². The summed E-state index contributed by atoms with van der Waals surface area (Å²) in [6, 6.07) is 1.24. The quantitative estimate of drug-likeness (QED) is 0.588. The molecule has 3 nitrogen and oxygen atoms in total. The largest absolute Gasteiger partial charge is 0.365 e. The van der Waals surface area contributed by atoms with Crippen molar-refractivity contribution in [2.45, 2.75) is 37.1 Å². The monoisotopic (exact) mass is 324 g/mol. The molecule has 0 radical (unpaired) electrons. The van der Waals surface area contributed by atoms with Crippen LogP contribution in [0.15, 0.2) is 12.3 Å². The summed E-state index contributed by atoms with van der Waals surface area (Å²) >= 11 is 5.86. The van der Waals surface area contributed by atoms with Crippen LogP contribution in [0.1, 0.15) is 32.3 Å². The van der Waals surface area contributed by atoms with Crippen molar-refractivity contribution in [3.63, 3.8) is 0 Å². The van der Waals surface area contributed by atoms with Gasteiger partial charge < -0.3 is 0 Å². The van der Waals surface area contributed by atoms with Gasteiger partial charge in [-0.3, -0.25) is 0 Å². The zero-order chi connectivity index (χ0) is 15.3. The van der Waals surface area contributed by atoms with E-state index in [2.05, 4.69) is 0 Å². The molecule has 0 aliphatic carbocycles. The third kappa shape index (κ3) is 2.44. The Kier molecular flexibility index (Phi) is 3.62. The van der Waals surface area contributed by atoms with Crippen LogP contribution in [0, 0.1) is 5.95 Å². The predicted octanol–water partition coefficient (Wildman–Crippen LogP) is 2.46. The molecule has 0 amide bonds. The molecule has 1 aromatic heterocycles. The Bertz CT molecular complexity index is 661. The van der Waals surface area contributed by atoms with Crippen LogP contribution < -0.4 is 4.57 Å². The SMILES string of the molecule is C[n+]1cc(Cl)cc(C2(F)CCS(=O)(=O)C(C)(C)C2)c1F. The molecule has 2 heterocycles. The van der Waals surface area contributed by atoms with E-state index in [4.69, 9.17) is 11.6 Å². The predicted molar refractivity (Wildman–Crippen MR) is 72.5 cm³/mol. The molecule has 1 unspecified atom stereocenters. The van der Waals surface area contributed by atoms with Gasteiger partial charge in [0.1, 0.15) is 17.7 Å². The van der Waals surface area contributed by atoms with Gasteiger partial charge in [0.15, 0.2) is 16.0 Å². The van der Waals surface area contributed by atoms with E-state index in [0.717, 1.165) is 4.57 Å². The number of hydrogen-bond acceptors (Lipinski definition) is 2. The molecule has 7 heteroatoms. The molecule has 112 valence electrons. The Morgan fingerprint density at radius 1 is 1.40 bits per heavy atom. The number of nitrogens with zero attached hydrogens (tertiary/aromatic N) is 1. The van der Waals surface area contributed by atoms with Gasteiger partial charge in [0.2, 0.25) is 0 Å². The van der Waals surface area contributed by atoms with Crippen molar-refractivity contribution in [2.75, 3.05) is 5.75 Å².